The van der Waals surface area contributed by atoms with E-state index in [2.05, 4.69) is 48.7 Å². The van der Waals surface area contributed by atoms with Gasteiger partial charge in [0.05, 0.1) is 6.54 Å². The highest BCUT2D eigenvalue weighted by molar-refractivity contribution is 14.0. The third kappa shape index (κ3) is 8.35. The second kappa shape index (κ2) is 12.6. The van der Waals surface area contributed by atoms with Gasteiger partial charge in [0.15, 0.2) is 5.96 Å². The molecule has 1 heterocycles. The molecule has 27 heavy (non-hydrogen) atoms. The molecule has 1 aliphatic rings. The van der Waals surface area contributed by atoms with Crippen LogP contribution >= 0.6 is 39.9 Å². The Hall–Kier alpha value is -0.870. The maximum atomic E-state index is 12.2. The molecule has 152 valence electrons. The van der Waals surface area contributed by atoms with E-state index in [1.807, 2.05) is 25.1 Å². The molecule has 1 fully saturated rings. The van der Waals surface area contributed by atoms with Crippen LogP contribution in [-0.4, -0.2) is 56.0 Å². The van der Waals surface area contributed by atoms with Gasteiger partial charge in [0.2, 0.25) is 5.91 Å². The Bertz CT molecular complexity index is 633. The third-order valence-electron chi connectivity index (χ3n) is 4.58. The number of carbonyl (C=O) groups is 1. The topological polar surface area (TPSA) is 68.8 Å². The molecule has 0 atom stereocenters. The van der Waals surface area contributed by atoms with E-state index in [0.29, 0.717) is 12.0 Å². The number of halogens is 2. The molecule has 8 heteroatoms. The number of anilines is 1. The maximum Gasteiger partial charge on any atom is 0.243 e. The fourth-order valence-electron chi connectivity index (χ4n) is 3.09. The van der Waals surface area contributed by atoms with Gasteiger partial charge in [0, 0.05) is 36.3 Å². The Kier molecular flexibility index (Phi) is 11.2. The summed E-state index contributed by atoms with van der Waals surface area (Å²) >= 11 is 3.43. The average molecular weight is 552 g/mol. The minimum absolute atomic E-state index is 0. The fraction of sp³-hybridized carbons (Fsp3) is 0.579. The van der Waals surface area contributed by atoms with E-state index in [9.17, 15) is 4.79 Å². The average Bonchev–Trinajstić information content (AvgIpc) is 2.63. The van der Waals surface area contributed by atoms with Crippen LogP contribution in [0.3, 0.4) is 0 Å². The highest BCUT2D eigenvalue weighted by Crippen LogP contribution is 2.20. The van der Waals surface area contributed by atoms with Crippen molar-refractivity contribution in [2.24, 2.45) is 4.99 Å². The zero-order chi connectivity index (χ0) is 18.9. The quantitative estimate of drug-likeness (QED) is 0.288. The molecule has 6 nitrogen and oxygen atoms in total. The molecule has 1 amide bonds. The Balaban J connectivity index is 0.00000364. The number of hydrogen-bond acceptors (Lipinski definition) is 3. The lowest BCUT2D eigenvalue weighted by atomic mass is 10.1. The van der Waals surface area contributed by atoms with Crippen LogP contribution in [0.1, 0.15) is 31.7 Å². The van der Waals surface area contributed by atoms with Crippen LogP contribution in [-0.2, 0) is 4.79 Å². The van der Waals surface area contributed by atoms with Gasteiger partial charge < -0.3 is 20.9 Å². The predicted octanol–water partition coefficient (Wildman–Crippen LogP) is 3.35. The Morgan fingerprint density at radius 3 is 2.67 bits per heavy atom. The highest BCUT2D eigenvalue weighted by Gasteiger charge is 2.19. The summed E-state index contributed by atoms with van der Waals surface area (Å²) in [5.74, 6) is 0.590. The molecule has 0 radical (unpaired) electrons. The van der Waals surface area contributed by atoms with Crippen molar-refractivity contribution in [1.29, 1.82) is 0 Å². The van der Waals surface area contributed by atoms with Crippen LogP contribution < -0.4 is 16.0 Å². The zero-order valence-corrected chi connectivity index (χ0v) is 20.3. The number of rotatable bonds is 6. The summed E-state index contributed by atoms with van der Waals surface area (Å²) < 4.78 is 0.943. The van der Waals surface area contributed by atoms with E-state index in [4.69, 9.17) is 0 Å². The second-order valence-electron chi connectivity index (χ2n) is 6.69. The third-order valence-corrected chi connectivity index (χ3v) is 5.08. The largest absolute Gasteiger partial charge is 0.354 e. The van der Waals surface area contributed by atoms with E-state index in [1.54, 1.807) is 7.05 Å². The first-order chi connectivity index (χ1) is 12.5. The molecule has 0 aromatic heterocycles. The van der Waals surface area contributed by atoms with Crippen molar-refractivity contribution < 1.29 is 4.79 Å². The summed E-state index contributed by atoms with van der Waals surface area (Å²) in [6.07, 6.45) is 3.40. The molecule has 0 spiro atoms. The number of amides is 1. The molecule has 1 aromatic rings. The monoisotopic (exact) mass is 551 g/mol. The van der Waals surface area contributed by atoms with Gasteiger partial charge in [0.25, 0.3) is 0 Å². The van der Waals surface area contributed by atoms with Crippen LogP contribution in [0, 0.1) is 6.92 Å². The number of nitrogens with one attached hydrogen (secondary N) is 3. The summed E-state index contributed by atoms with van der Waals surface area (Å²) in [5.41, 5.74) is 1.85. The van der Waals surface area contributed by atoms with Gasteiger partial charge in [-0.2, -0.15) is 0 Å². The molecule has 0 saturated carbocycles. The van der Waals surface area contributed by atoms with Gasteiger partial charge in [-0.1, -0.05) is 28.9 Å². The van der Waals surface area contributed by atoms with E-state index >= 15 is 0 Å². The van der Waals surface area contributed by atoms with Gasteiger partial charge in [0.1, 0.15) is 0 Å². The number of likely N-dealkylation sites (tertiary alicyclic amines) is 1. The SMILES string of the molecule is CCCN1CCC(NC(=NC)NCC(=O)Nc2cc(Br)ccc2C)CC1.I. The first-order valence-corrected chi connectivity index (χ1v) is 10.1. The van der Waals surface area contributed by atoms with Gasteiger partial charge in [-0.3, -0.25) is 9.79 Å². The molecular weight excluding hydrogens is 521 g/mol. The van der Waals surface area contributed by atoms with Crippen molar-refractivity contribution in [2.75, 3.05) is 38.5 Å². The Morgan fingerprint density at radius 2 is 2.04 bits per heavy atom. The van der Waals surface area contributed by atoms with Gasteiger partial charge in [-0.25, -0.2) is 0 Å². The number of aliphatic imine (C=N–C) groups is 1. The summed E-state index contributed by atoms with van der Waals surface area (Å²) in [6.45, 7) is 7.78. The van der Waals surface area contributed by atoms with Crippen molar-refractivity contribution >= 4 is 57.5 Å². The van der Waals surface area contributed by atoms with Gasteiger partial charge in [-0.05, 0) is 50.4 Å². The standard InChI is InChI=1S/C19H30BrN5O.HI/c1-4-9-25-10-7-16(8-11-25)23-19(21-3)22-13-18(26)24-17-12-15(20)6-5-14(17)2;/h5-6,12,16H,4,7-11,13H2,1-3H3,(H,24,26)(H2,21,22,23);1H. The van der Waals surface area contributed by atoms with Crippen LogP contribution in [0.5, 0.6) is 0 Å². The van der Waals surface area contributed by atoms with E-state index in [0.717, 1.165) is 41.7 Å². The number of nitrogens with zero attached hydrogens (tertiary/aromatic N) is 2. The zero-order valence-electron chi connectivity index (χ0n) is 16.3. The Labute approximate surface area is 188 Å². The maximum absolute atomic E-state index is 12.2. The normalized spacial score (nSPS) is 15.8. The van der Waals surface area contributed by atoms with Crippen molar-refractivity contribution in [3.8, 4) is 0 Å². The number of hydrogen-bond donors (Lipinski definition) is 3. The molecule has 1 aliphatic heterocycles. The molecule has 0 bridgehead atoms. The van der Waals surface area contributed by atoms with Gasteiger partial charge in [-0.15, -0.1) is 24.0 Å². The summed E-state index contributed by atoms with van der Waals surface area (Å²) in [4.78, 5) is 19.0. The minimum Gasteiger partial charge on any atom is -0.354 e. The van der Waals surface area contributed by atoms with Crippen molar-refractivity contribution in [3.63, 3.8) is 0 Å². The minimum atomic E-state index is -0.0908. The van der Waals surface area contributed by atoms with E-state index in [1.165, 1.54) is 13.0 Å². The van der Waals surface area contributed by atoms with Crippen LogP contribution in [0.2, 0.25) is 0 Å². The summed E-state index contributed by atoms with van der Waals surface area (Å²) in [6, 6.07) is 6.24. The van der Waals surface area contributed by atoms with Crippen molar-refractivity contribution in [3.05, 3.63) is 28.2 Å². The lowest BCUT2D eigenvalue weighted by Crippen LogP contribution is -2.49. The van der Waals surface area contributed by atoms with Crippen LogP contribution in [0.15, 0.2) is 27.7 Å². The fourth-order valence-corrected chi connectivity index (χ4v) is 3.45. The highest BCUT2D eigenvalue weighted by atomic mass is 127. The lowest BCUT2D eigenvalue weighted by Gasteiger charge is -2.32. The van der Waals surface area contributed by atoms with Crippen molar-refractivity contribution in [1.82, 2.24) is 15.5 Å². The molecule has 0 aliphatic carbocycles. The summed E-state index contributed by atoms with van der Waals surface area (Å²) in [7, 11) is 1.73. The smallest absolute Gasteiger partial charge is 0.243 e. The molecule has 1 aromatic carbocycles. The van der Waals surface area contributed by atoms with E-state index < -0.39 is 0 Å². The molecule has 3 N–H and O–H groups in total. The number of benzene rings is 1. The van der Waals surface area contributed by atoms with Crippen LogP contribution in [0.4, 0.5) is 5.69 Å². The van der Waals surface area contributed by atoms with Gasteiger partial charge >= 0.3 is 0 Å². The number of piperidine rings is 1. The molecule has 2 rings (SSSR count). The number of guanidine groups is 1. The lowest BCUT2D eigenvalue weighted by molar-refractivity contribution is -0.115. The first-order valence-electron chi connectivity index (χ1n) is 9.27. The number of aryl methyl sites for hydroxylation is 1. The first kappa shape index (κ1) is 24.2. The van der Waals surface area contributed by atoms with E-state index in [-0.39, 0.29) is 36.4 Å². The molecular formula is C19H31BrIN5O. The molecule has 1 saturated heterocycles. The Morgan fingerprint density at radius 1 is 1.33 bits per heavy atom. The van der Waals surface area contributed by atoms with Crippen molar-refractivity contribution in [2.45, 2.75) is 39.2 Å². The molecule has 0 unspecified atom stereocenters. The second-order valence-corrected chi connectivity index (χ2v) is 7.61. The van der Waals surface area contributed by atoms with Crippen LogP contribution in [0.25, 0.3) is 0 Å². The number of carbonyl (C=O) groups excluding carboxylic acids is 1. The summed E-state index contributed by atoms with van der Waals surface area (Å²) in [5, 5.41) is 9.47. The predicted molar refractivity (Wildman–Crippen MR) is 127 cm³/mol.